The highest BCUT2D eigenvalue weighted by Crippen LogP contribution is 2.23. The van der Waals surface area contributed by atoms with Gasteiger partial charge >= 0.3 is 0 Å². The SMILES string of the molecule is CC(C)Nc1ncc2[nH]c(Nc3c(F)cccc3F)nc2n1.CCC(N)=O. The fourth-order valence-corrected chi connectivity index (χ4v) is 1.93. The van der Waals surface area contributed by atoms with E-state index in [1.54, 1.807) is 13.1 Å². The van der Waals surface area contributed by atoms with Crippen molar-refractivity contribution in [2.75, 3.05) is 10.6 Å². The monoisotopic (exact) mass is 377 g/mol. The number of imidazole rings is 1. The number of hydrogen-bond donors (Lipinski definition) is 4. The van der Waals surface area contributed by atoms with Crippen LogP contribution in [-0.4, -0.2) is 31.9 Å². The molecule has 2 aromatic heterocycles. The van der Waals surface area contributed by atoms with Crippen molar-refractivity contribution in [3.05, 3.63) is 36.0 Å². The van der Waals surface area contributed by atoms with Crippen molar-refractivity contribution in [1.82, 2.24) is 19.9 Å². The summed E-state index contributed by atoms with van der Waals surface area (Å²) in [6.07, 6.45) is 2.00. The molecule has 0 aliphatic heterocycles. The fourth-order valence-electron chi connectivity index (χ4n) is 1.93. The molecule has 8 nitrogen and oxygen atoms in total. The number of nitrogens with zero attached hydrogens (tertiary/aromatic N) is 3. The van der Waals surface area contributed by atoms with E-state index in [0.717, 1.165) is 0 Å². The average molecular weight is 377 g/mol. The van der Waals surface area contributed by atoms with Gasteiger partial charge in [0, 0.05) is 12.5 Å². The number of carbonyl (C=O) groups is 1. The van der Waals surface area contributed by atoms with E-state index in [4.69, 9.17) is 0 Å². The largest absolute Gasteiger partial charge is 0.370 e. The summed E-state index contributed by atoms with van der Waals surface area (Å²) in [7, 11) is 0. The van der Waals surface area contributed by atoms with Crippen molar-refractivity contribution in [2.24, 2.45) is 5.73 Å². The van der Waals surface area contributed by atoms with E-state index >= 15 is 0 Å². The first-order valence-corrected chi connectivity index (χ1v) is 8.28. The van der Waals surface area contributed by atoms with E-state index in [1.165, 1.54) is 18.2 Å². The normalized spacial score (nSPS) is 10.4. The number of aromatic nitrogens is 4. The van der Waals surface area contributed by atoms with Crippen LogP contribution in [0.5, 0.6) is 0 Å². The Hall–Kier alpha value is -3.30. The second-order valence-electron chi connectivity index (χ2n) is 5.86. The molecule has 0 aliphatic rings. The first kappa shape index (κ1) is 20.0. The van der Waals surface area contributed by atoms with Gasteiger partial charge in [0.15, 0.2) is 5.65 Å². The number of primary amides is 1. The summed E-state index contributed by atoms with van der Waals surface area (Å²) >= 11 is 0. The number of anilines is 3. The van der Waals surface area contributed by atoms with E-state index < -0.39 is 11.6 Å². The summed E-state index contributed by atoms with van der Waals surface area (Å²) in [4.78, 5) is 25.0. The molecule has 3 aromatic rings. The van der Waals surface area contributed by atoms with Crippen LogP contribution in [-0.2, 0) is 4.79 Å². The van der Waals surface area contributed by atoms with Crippen molar-refractivity contribution in [2.45, 2.75) is 33.2 Å². The van der Waals surface area contributed by atoms with Crippen molar-refractivity contribution >= 4 is 34.7 Å². The molecule has 0 radical (unpaired) electrons. The van der Waals surface area contributed by atoms with Gasteiger partial charge < -0.3 is 21.4 Å². The lowest BCUT2D eigenvalue weighted by molar-refractivity contribution is -0.117. The molecule has 0 unspecified atom stereocenters. The molecule has 2 heterocycles. The van der Waals surface area contributed by atoms with Crippen molar-refractivity contribution in [3.63, 3.8) is 0 Å². The van der Waals surface area contributed by atoms with Gasteiger partial charge in [0.1, 0.15) is 22.8 Å². The highest BCUT2D eigenvalue weighted by Gasteiger charge is 2.12. The van der Waals surface area contributed by atoms with Crippen LogP contribution < -0.4 is 16.4 Å². The lowest BCUT2D eigenvalue weighted by Gasteiger charge is -2.06. The summed E-state index contributed by atoms with van der Waals surface area (Å²) < 4.78 is 27.2. The van der Waals surface area contributed by atoms with E-state index in [0.29, 0.717) is 23.5 Å². The number of hydrogen-bond acceptors (Lipinski definition) is 6. The summed E-state index contributed by atoms with van der Waals surface area (Å²) in [5.41, 5.74) is 5.35. The molecular formula is C17H21F2N7O. The topological polar surface area (TPSA) is 122 Å². The second kappa shape index (κ2) is 8.88. The third-order valence-corrected chi connectivity index (χ3v) is 3.21. The minimum absolute atomic E-state index is 0.182. The van der Waals surface area contributed by atoms with Gasteiger partial charge in [-0.25, -0.2) is 13.8 Å². The average Bonchev–Trinajstić information content (AvgIpc) is 3.00. The fraction of sp³-hybridized carbons (Fsp3) is 0.294. The van der Waals surface area contributed by atoms with E-state index in [-0.39, 0.29) is 23.6 Å². The van der Waals surface area contributed by atoms with Crippen LogP contribution in [0.4, 0.5) is 26.4 Å². The minimum atomic E-state index is -0.700. The number of carbonyl (C=O) groups excluding carboxylic acids is 1. The smallest absolute Gasteiger partial charge is 0.225 e. The first-order chi connectivity index (χ1) is 12.8. The Morgan fingerprint density at radius 3 is 2.44 bits per heavy atom. The lowest BCUT2D eigenvalue weighted by Crippen LogP contribution is -2.12. The van der Waals surface area contributed by atoms with Crippen LogP contribution in [0.1, 0.15) is 27.2 Å². The lowest BCUT2D eigenvalue weighted by atomic mass is 10.3. The van der Waals surface area contributed by atoms with E-state index in [1.807, 2.05) is 13.8 Å². The Kier molecular flexibility index (Phi) is 6.58. The number of amides is 1. The molecule has 5 N–H and O–H groups in total. The summed E-state index contributed by atoms with van der Waals surface area (Å²) in [5.74, 6) is -1.01. The molecule has 1 amide bonds. The second-order valence-corrected chi connectivity index (χ2v) is 5.86. The summed E-state index contributed by atoms with van der Waals surface area (Å²) in [6.45, 7) is 5.65. The zero-order valence-corrected chi connectivity index (χ0v) is 15.2. The number of rotatable bonds is 5. The van der Waals surface area contributed by atoms with Gasteiger partial charge in [-0.3, -0.25) is 4.79 Å². The van der Waals surface area contributed by atoms with Gasteiger partial charge in [0.25, 0.3) is 0 Å². The Bertz CT molecular complexity index is 907. The molecule has 0 aliphatic carbocycles. The molecule has 0 saturated carbocycles. The van der Waals surface area contributed by atoms with Gasteiger partial charge in [-0.2, -0.15) is 9.97 Å². The van der Waals surface area contributed by atoms with Gasteiger partial charge in [-0.05, 0) is 26.0 Å². The third kappa shape index (κ3) is 5.59. The van der Waals surface area contributed by atoms with Crippen LogP contribution in [0, 0.1) is 11.6 Å². The van der Waals surface area contributed by atoms with Crippen molar-refractivity contribution in [1.29, 1.82) is 0 Å². The molecule has 0 bridgehead atoms. The Labute approximate surface area is 154 Å². The molecule has 144 valence electrons. The number of H-pyrrole nitrogens is 1. The van der Waals surface area contributed by atoms with E-state index in [9.17, 15) is 13.6 Å². The molecule has 3 rings (SSSR count). The summed E-state index contributed by atoms with van der Waals surface area (Å²) in [5, 5.41) is 5.64. The Morgan fingerprint density at radius 2 is 1.89 bits per heavy atom. The first-order valence-electron chi connectivity index (χ1n) is 8.28. The highest BCUT2D eigenvalue weighted by molar-refractivity contribution is 5.75. The molecule has 1 aromatic carbocycles. The third-order valence-electron chi connectivity index (χ3n) is 3.21. The maximum absolute atomic E-state index is 13.6. The predicted octanol–water partition coefficient (Wildman–Crippen LogP) is 3.08. The number of para-hydroxylation sites is 1. The molecule has 0 fully saturated rings. The number of aromatic amines is 1. The van der Waals surface area contributed by atoms with Gasteiger partial charge in [0.2, 0.25) is 17.8 Å². The summed E-state index contributed by atoms with van der Waals surface area (Å²) in [6, 6.07) is 3.81. The highest BCUT2D eigenvalue weighted by atomic mass is 19.1. The van der Waals surface area contributed by atoms with Crippen LogP contribution in [0.2, 0.25) is 0 Å². The maximum Gasteiger partial charge on any atom is 0.225 e. The Balaban J connectivity index is 0.000000465. The van der Waals surface area contributed by atoms with Crippen molar-refractivity contribution < 1.29 is 13.6 Å². The standard InChI is InChI=1S/C14H14F2N6.C3H7NO/c1-7(2)18-13-17-6-10-12(21-13)22-14(19-10)20-11-8(15)4-3-5-9(11)16;1-2-3(4)5/h3-7H,1-2H3,(H3,17,18,19,20,21,22);2H2,1H3,(H2,4,5). The molecular weight excluding hydrogens is 356 g/mol. The number of halogens is 2. The molecule has 0 saturated heterocycles. The number of benzene rings is 1. The van der Waals surface area contributed by atoms with Gasteiger partial charge in [0.05, 0.1) is 6.20 Å². The van der Waals surface area contributed by atoms with Crippen LogP contribution in [0.3, 0.4) is 0 Å². The molecule has 27 heavy (non-hydrogen) atoms. The van der Waals surface area contributed by atoms with Crippen LogP contribution in [0.15, 0.2) is 24.4 Å². The molecule has 0 spiro atoms. The molecule has 10 heteroatoms. The number of nitrogens with one attached hydrogen (secondary N) is 3. The van der Waals surface area contributed by atoms with E-state index in [2.05, 4.69) is 36.3 Å². The minimum Gasteiger partial charge on any atom is -0.370 e. The zero-order chi connectivity index (χ0) is 20.0. The van der Waals surface area contributed by atoms with Gasteiger partial charge in [-0.1, -0.05) is 13.0 Å². The number of fused-ring (bicyclic) bond motifs is 1. The van der Waals surface area contributed by atoms with Gasteiger partial charge in [-0.15, -0.1) is 0 Å². The quantitative estimate of drug-likeness (QED) is 0.542. The zero-order valence-electron chi connectivity index (χ0n) is 15.2. The molecule has 0 atom stereocenters. The van der Waals surface area contributed by atoms with Crippen LogP contribution in [0.25, 0.3) is 11.2 Å². The maximum atomic E-state index is 13.6. The van der Waals surface area contributed by atoms with Crippen LogP contribution >= 0.6 is 0 Å². The van der Waals surface area contributed by atoms with Crippen molar-refractivity contribution in [3.8, 4) is 0 Å². The predicted molar refractivity (Wildman–Crippen MR) is 99.6 cm³/mol. The number of nitrogens with two attached hydrogens (primary N) is 1. The Morgan fingerprint density at radius 1 is 1.26 bits per heavy atom.